The molecular weight excluding hydrogens is 352 g/mol. The van der Waals surface area contributed by atoms with Gasteiger partial charge >= 0.3 is 0 Å². The maximum Gasteiger partial charge on any atom is 0.251 e. The molecule has 0 radical (unpaired) electrons. The van der Waals surface area contributed by atoms with Crippen LogP contribution in [0.5, 0.6) is 0 Å². The summed E-state index contributed by atoms with van der Waals surface area (Å²) in [5, 5.41) is 3.11. The molecule has 0 saturated heterocycles. The number of carbonyl (C=O) groups is 2. The molecule has 0 aliphatic rings. The van der Waals surface area contributed by atoms with Crippen LogP contribution in [0.4, 0.5) is 0 Å². The van der Waals surface area contributed by atoms with Crippen LogP contribution >= 0.6 is 34.2 Å². The summed E-state index contributed by atoms with van der Waals surface area (Å²) in [4.78, 5) is 23.1. The first-order valence-electron chi connectivity index (χ1n) is 5.17. The van der Waals surface area contributed by atoms with Crippen LogP contribution in [0.2, 0.25) is 5.02 Å². The Kier molecular flexibility index (Phi) is 5.39. The Bertz CT molecular complexity index is 446. The van der Waals surface area contributed by atoms with E-state index in [0.29, 0.717) is 10.6 Å². The van der Waals surface area contributed by atoms with Crippen molar-refractivity contribution in [2.45, 2.75) is 13.8 Å². The molecule has 1 aromatic rings. The van der Waals surface area contributed by atoms with Crippen LogP contribution in [0.1, 0.15) is 24.2 Å². The molecule has 0 unspecified atom stereocenters. The van der Waals surface area contributed by atoms with Crippen LogP contribution in [-0.2, 0) is 4.79 Å². The molecule has 0 bridgehead atoms. The van der Waals surface area contributed by atoms with E-state index in [9.17, 15) is 9.59 Å². The van der Waals surface area contributed by atoms with Crippen LogP contribution in [0.25, 0.3) is 0 Å². The van der Waals surface area contributed by atoms with Gasteiger partial charge in [-0.3, -0.25) is 9.59 Å². The predicted molar refractivity (Wildman–Crippen MR) is 76.3 cm³/mol. The maximum absolute atomic E-state index is 11.7. The van der Waals surface area contributed by atoms with Gasteiger partial charge in [0, 0.05) is 15.1 Å². The molecule has 0 atom stereocenters. The minimum absolute atomic E-state index is 0.00922. The topological polar surface area (TPSA) is 46.2 Å². The first kappa shape index (κ1) is 14.4. The summed E-state index contributed by atoms with van der Waals surface area (Å²) in [5.41, 5.74) is 0.465. The third kappa shape index (κ3) is 4.27. The third-order valence-electron chi connectivity index (χ3n) is 2.25. The summed E-state index contributed by atoms with van der Waals surface area (Å²) in [5.74, 6) is -0.345. The fraction of sp³-hybridized carbons (Fsp3) is 0.333. The normalized spacial score (nSPS) is 10.4. The SMILES string of the molecule is CC(C)C(=O)CNC(=O)c1ccc(I)c(Cl)c1. The van der Waals surface area contributed by atoms with Gasteiger partial charge in [-0.25, -0.2) is 0 Å². The zero-order chi connectivity index (χ0) is 13.0. The molecule has 92 valence electrons. The minimum Gasteiger partial charge on any atom is -0.345 e. The van der Waals surface area contributed by atoms with E-state index in [-0.39, 0.29) is 24.2 Å². The average molecular weight is 366 g/mol. The summed E-state index contributed by atoms with van der Waals surface area (Å²) >= 11 is 8.00. The van der Waals surface area contributed by atoms with Crippen LogP contribution in [-0.4, -0.2) is 18.2 Å². The average Bonchev–Trinajstić information content (AvgIpc) is 2.28. The molecule has 1 rings (SSSR count). The molecule has 0 aliphatic carbocycles. The summed E-state index contributed by atoms with van der Waals surface area (Å²) in [6.07, 6.45) is 0. The number of ketones is 1. The van der Waals surface area contributed by atoms with E-state index in [1.807, 2.05) is 0 Å². The second-order valence-electron chi connectivity index (χ2n) is 3.93. The Hall–Kier alpha value is -0.620. The largest absolute Gasteiger partial charge is 0.345 e. The van der Waals surface area contributed by atoms with E-state index < -0.39 is 0 Å². The Morgan fingerprint density at radius 1 is 1.41 bits per heavy atom. The van der Waals surface area contributed by atoms with Crippen molar-refractivity contribution in [2.24, 2.45) is 5.92 Å². The first-order valence-corrected chi connectivity index (χ1v) is 6.63. The molecule has 0 fully saturated rings. The Balaban J connectivity index is 2.64. The Labute approximate surface area is 119 Å². The van der Waals surface area contributed by atoms with Crippen molar-refractivity contribution in [1.82, 2.24) is 5.32 Å². The van der Waals surface area contributed by atoms with E-state index in [4.69, 9.17) is 11.6 Å². The standard InChI is InChI=1S/C12H13ClINO2/c1-7(2)11(16)6-15-12(17)8-3-4-10(14)9(13)5-8/h3-5,7H,6H2,1-2H3,(H,15,17). The predicted octanol–water partition coefficient (Wildman–Crippen LogP) is 2.90. The number of amides is 1. The number of hydrogen-bond acceptors (Lipinski definition) is 2. The number of carbonyl (C=O) groups excluding carboxylic acids is 2. The molecular formula is C12H13ClINO2. The van der Waals surface area contributed by atoms with Crippen molar-refractivity contribution in [3.05, 3.63) is 32.4 Å². The quantitative estimate of drug-likeness (QED) is 0.834. The first-order chi connectivity index (χ1) is 7.91. The van der Waals surface area contributed by atoms with E-state index >= 15 is 0 Å². The van der Waals surface area contributed by atoms with Crippen molar-refractivity contribution in [1.29, 1.82) is 0 Å². The van der Waals surface area contributed by atoms with Crippen LogP contribution in [0, 0.1) is 9.49 Å². The van der Waals surface area contributed by atoms with E-state index in [1.165, 1.54) is 0 Å². The third-order valence-corrected chi connectivity index (χ3v) is 3.82. The highest BCUT2D eigenvalue weighted by Gasteiger charge is 2.11. The molecule has 3 nitrogen and oxygen atoms in total. The highest BCUT2D eigenvalue weighted by molar-refractivity contribution is 14.1. The second kappa shape index (κ2) is 6.35. The van der Waals surface area contributed by atoms with Gasteiger partial charge in [-0.2, -0.15) is 0 Å². The van der Waals surface area contributed by atoms with Gasteiger partial charge in [0.05, 0.1) is 11.6 Å². The van der Waals surface area contributed by atoms with Gasteiger partial charge in [-0.1, -0.05) is 25.4 Å². The summed E-state index contributed by atoms with van der Waals surface area (Å²) in [6, 6.07) is 5.05. The molecule has 1 amide bonds. The summed E-state index contributed by atoms with van der Waals surface area (Å²) in [7, 11) is 0. The van der Waals surface area contributed by atoms with Gasteiger partial charge in [0.2, 0.25) is 0 Å². The van der Waals surface area contributed by atoms with Gasteiger partial charge < -0.3 is 5.32 Å². The van der Waals surface area contributed by atoms with Gasteiger partial charge in [-0.15, -0.1) is 0 Å². The lowest BCUT2D eigenvalue weighted by molar-refractivity contribution is -0.120. The van der Waals surface area contributed by atoms with Crippen molar-refractivity contribution >= 4 is 45.9 Å². The lowest BCUT2D eigenvalue weighted by atomic mass is 10.1. The number of rotatable bonds is 4. The van der Waals surface area contributed by atoms with Crippen LogP contribution < -0.4 is 5.32 Å². The molecule has 0 spiro atoms. The Morgan fingerprint density at radius 3 is 2.59 bits per heavy atom. The number of benzene rings is 1. The number of hydrogen-bond donors (Lipinski definition) is 1. The maximum atomic E-state index is 11.7. The lowest BCUT2D eigenvalue weighted by Crippen LogP contribution is -2.31. The molecule has 0 aromatic heterocycles. The van der Waals surface area contributed by atoms with E-state index in [0.717, 1.165) is 3.57 Å². The van der Waals surface area contributed by atoms with Crippen LogP contribution in [0.15, 0.2) is 18.2 Å². The van der Waals surface area contributed by atoms with Crippen molar-refractivity contribution in [2.75, 3.05) is 6.54 Å². The fourth-order valence-electron chi connectivity index (χ4n) is 1.11. The summed E-state index contributed by atoms with van der Waals surface area (Å²) < 4.78 is 0.888. The fourth-order valence-corrected chi connectivity index (χ4v) is 1.63. The van der Waals surface area contributed by atoms with Crippen molar-refractivity contribution in [3.8, 4) is 0 Å². The smallest absolute Gasteiger partial charge is 0.251 e. The molecule has 0 heterocycles. The second-order valence-corrected chi connectivity index (χ2v) is 5.50. The molecule has 0 saturated carbocycles. The van der Waals surface area contributed by atoms with Gasteiger partial charge in [0.25, 0.3) is 5.91 Å². The van der Waals surface area contributed by atoms with Gasteiger partial charge in [-0.05, 0) is 40.8 Å². The lowest BCUT2D eigenvalue weighted by Gasteiger charge is -2.07. The number of nitrogens with one attached hydrogen (secondary N) is 1. The summed E-state index contributed by atoms with van der Waals surface area (Å²) in [6.45, 7) is 3.66. The highest BCUT2D eigenvalue weighted by atomic mass is 127. The van der Waals surface area contributed by atoms with Crippen LogP contribution in [0.3, 0.4) is 0 Å². The number of Topliss-reactive ketones (excluding diaryl/α,β-unsaturated/α-hetero) is 1. The molecule has 1 aromatic carbocycles. The van der Waals surface area contributed by atoms with E-state index in [2.05, 4.69) is 27.9 Å². The van der Waals surface area contributed by atoms with Crippen molar-refractivity contribution in [3.63, 3.8) is 0 Å². The van der Waals surface area contributed by atoms with Gasteiger partial charge in [0.1, 0.15) is 0 Å². The molecule has 5 heteroatoms. The molecule has 17 heavy (non-hydrogen) atoms. The van der Waals surface area contributed by atoms with Crippen molar-refractivity contribution < 1.29 is 9.59 Å². The monoisotopic (exact) mass is 365 g/mol. The molecule has 0 aliphatic heterocycles. The molecule has 1 N–H and O–H groups in total. The zero-order valence-corrected chi connectivity index (χ0v) is 12.5. The highest BCUT2D eigenvalue weighted by Crippen LogP contribution is 2.19. The van der Waals surface area contributed by atoms with E-state index in [1.54, 1.807) is 32.0 Å². The van der Waals surface area contributed by atoms with Gasteiger partial charge in [0.15, 0.2) is 5.78 Å². The zero-order valence-electron chi connectivity index (χ0n) is 9.59. The minimum atomic E-state index is -0.280. The Morgan fingerprint density at radius 2 is 2.06 bits per heavy atom. The number of halogens is 2.